The van der Waals surface area contributed by atoms with Gasteiger partial charge in [0.1, 0.15) is 17.5 Å². The van der Waals surface area contributed by atoms with Crippen LogP contribution in [-0.2, 0) is 6.54 Å². The highest BCUT2D eigenvalue weighted by Crippen LogP contribution is 2.20. The Morgan fingerprint density at radius 1 is 1.35 bits per heavy atom. The van der Waals surface area contributed by atoms with Crippen LogP contribution in [0.2, 0.25) is 0 Å². The van der Waals surface area contributed by atoms with E-state index in [2.05, 4.69) is 31.2 Å². The van der Waals surface area contributed by atoms with Crippen LogP contribution in [0.25, 0.3) is 0 Å². The summed E-state index contributed by atoms with van der Waals surface area (Å²) >= 11 is 3.28. The zero-order valence-corrected chi connectivity index (χ0v) is 10.4. The Bertz CT molecular complexity index is 533. The van der Waals surface area contributed by atoms with Crippen LogP contribution in [0.4, 0.5) is 15.9 Å². The molecule has 0 saturated carbocycles. The zero-order chi connectivity index (χ0) is 12.3. The average Bonchev–Trinajstić information content (AvgIpc) is 2.30. The van der Waals surface area contributed by atoms with Gasteiger partial charge in [0.05, 0.1) is 12.2 Å². The molecule has 0 aliphatic rings. The number of aromatic nitrogens is 2. The number of halogens is 2. The minimum atomic E-state index is -0.322. The molecular weight excluding hydrogens is 287 g/mol. The molecule has 0 aliphatic heterocycles. The standard InChI is InChI=1S/C11H10BrFN4/c12-7-1-2-8(13)9(5-7)16-6-11-15-4-3-10(14)17-11/h1-5,16H,6H2,(H2,14,15,17). The molecule has 1 heterocycles. The van der Waals surface area contributed by atoms with Crippen LogP contribution in [-0.4, -0.2) is 9.97 Å². The molecule has 0 unspecified atom stereocenters. The summed E-state index contributed by atoms with van der Waals surface area (Å²) in [5, 5.41) is 2.91. The number of hydrogen-bond donors (Lipinski definition) is 2. The van der Waals surface area contributed by atoms with Gasteiger partial charge in [-0.05, 0) is 24.3 Å². The van der Waals surface area contributed by atoms with E-state index in [1.165, 1.54) is 6.07 Å². The molecule has 2 rings (SSSR count). The predicted molar refractivity (Wildman–Crippen MR) is 67.9 cm³/mol. The summed E-state index contributed by atoms with van der Waals surface area (Å²) in [6.07, 6.45) is 1.57. The molecule has 17 heavy (non-hydrogen) atoms. The van der Waals surface area contributed by atoms with Gasteiger partial charge in [-0.25, -0.2) is 14.4 Å². The van der Waals surface area contributed by atoms with E-state index < -0.39 is 0 Å². The van der Waals surface area contributed by atoms with E-state index in [1.54, 1.807) is 24.4 Å². The number of nitrogens with zero attached hydrogens (tertiary/aromatic N) is 2. The second kappa shape index (κ2) is 5.09. The van der Waals surface area contributed by atoms with E-state index >= 15 is 0 Å². The van der Waals surface area contributed by atoms with Crippen molar-refractivity contribution in [3.8, 4) is 0 Å². The lowest BCUT2D eigenvalue weighted by Gasteiger charge is -2.07. The van der Waals surface area contributed by atoms with Crippen LogP contribution in [0.15, 0.2) is 34.9 Å². The first-order valence-corrected chi connectivity index (χ1v) is 5.71. The molecule has 0 aliphatic carbocycles. The van der Waals surface area contributed by atoms with Crippen molar-refractivity contribution in [2.75, 3.05) is 11.1 Å². The molecule has 0 fully saturated rings. The average molecular weight is 297 g/mol. The molecular formula is C11H10BrFN4. The number of nitrogens with two attached hydrogens (primary N) is 1. The Morgan fingerprint density at radius 3 is 2.94 bits per heavy atom. The van der Waals surface area contributed by atoms with Gasteiger partial charge in [-0.15, -0.1) is 0 Å². The monoisotopic (exact) mass is 296 g/mol. The van der Waals surface area contributed by atoms with E-state index in [0.29, 0.717) is 23.9 Å². The number of hydrogen-bond acceptors (Lipinski definition) is 4. The van der Waals surface area contributed by atoms with Crippen LogP contribution < -0.4 is 11.1 Å². The normalized spacial score (nSPS) is 10.2. The molecule has 0 amide bonds. The van der Waals surface area contributed by atoms with Crippen molar-refractivity contribution in [1.29, 1.82) is 0 Å². The minimum absolute atomic E-state index is 0.318. The lowest BCUT2D eigenvalue weighted by Crippen LogP contribution is -2.06. The first-order chi connectivity index (χ1) is 8.15. The molecule has 1 aromatic carbocycles. The Labute approximate surface area is 106 Å². The Kier molecular flexibility index (Phi) is 3.53. The van der Waals surface area contributed by atoms with Crippen LogP contribution in [0, 0.1) is 5.82 Å². The number of nitrogens with one attached hydrogen (secondary N) is 1. The summed E-state index contributed by atoms with van der Waals surface area (Å²) in [4.78, 5) is 8.03. The van der Waals surface area contributed by atoms with Gasteiger partial charge in [0.2, 0.25) is 0 Å². The van der Waals surface area contributed by atoms with Crippen molar-refractivity contribution in [2.45, 2.75) is 6.54 Å². The molecule has 0 saturated heterocycles. The molecule has 6 heteroatoms. The van der Waals surface area contributed by atoms with Crippen molar-refractivity contribution >= 4 is 27.4 Å². The fourth-order valence-corrected chi connectivity index (χ4v) is 1.67. The predicted octanol–water partition coefficient (Wildman–Crippen LogP) is 2.57. The van der Waals surface area contributed by atoms with E-state index in [9.17, 15) is 4.39 Å². The maximum absolute atomic E-state index is 13.4. The smallest absolute Gasteiger partial charge is 0.149 e. The summed E-state index contributed by atoms with van der Waals surface area (Å²) in [5.74, 6) is 0.591. The first kappa shape index (κ1) is 11.8. The van der Waals surface area contributed by atoms with Crippen molar-refractivity contribution in [1.82, 2.24) is 9.97 Å². The van der Waals surface area contributed by atoms with E-state index in [0.717, 1.165) is 4.47 Å². The Hall–Kier alpha value is -1.69. The highest BCUT2D eigenvalue weighted by atomic mass is 79.9. The molecule has 2 aromatic rings. The third kappa shape index (κ3) is 3.13. The van der Waals surface area contributed by atoms with Crippen LogP contribution in [0.1, 0.15) is 5.82 Å². The number of benzene rings is 1. The van der Waals surface area contributed by atoms with Crippen molar-refractivity contribution in [3.05, 3.63) is 46.6 Å². The van der Waals surface area contributed by atoms with Gasteiger partial charge in [0.15, 0.2) is 0 Å². The maximum Gasteiger partial charge on any atom is 0.149 e. The first-order valence-electron chi connectivity index (χ1n) is 4.91. The number of nitrogen functional groups attached to an aromatic ring is 1. The molecule has 3 N–H and O–H groups in total. The molecule has 0 bridgehead atoms. The van der Waals surface area contributed by atoms with Gasteiger partial charge >= 0.3 is 0 Å². The summed E-state index contributed by atoms with van der Waals surface area (Å²) in [7, 11) is 0. The lowest BCUT2D eigenvalue weighted by molar-refractivity contribution is 0.629. The van der Waals surface area contributed by atoms with Gasteiger partial charge in [-0.1, -0.05) is 15.9 Å². The summed E-state index contributed by atoms with van der Waals surface area (Å²) in [6, 6.07) is 6.27. The number of rotatable bonds is 3. The van der Waals surface area contributed by atoms with Crippen LogP contribution in [0.3, 0.4) is 0 Å². The molecule has 0 radical (unpaired) electrons. The van der Waals surface area contributed by atoms with Gasteiger partial charge < -0.3 is 11.1 Å². The fraction of sp³-hybridized carbons (Fsp3) is 0.0909. The van der Waals surface area contributed by atoms with Crippen LogP contribution >= 0.6 is 15.9 Å². The molecule has 4 nitrogen and oxygen atoms in total. The highest BCUT2D eigenvalue weighted by Gasteiger charge is 2.03. The van der Waals surface area contributed by atoms with Gasteiger partial charge in [-0.3, -0.25) is 0 Å². The van der Waals surface area contributed by atoms with Gasteiger partial charge in [0, 0.05) is 10.7 Å². The minimum Gasteiger partial charge on any atom is -0.384 e. The largest absolute Gasteiger partial charge is 0.384 e. The Balaban J connectivity index is 2.09. The molecule has 1 aromatic heterocycles. The summed E-state index contributed by atoms with van der Waals surface area (Å²) in [5.41, 5.74) is 5.91. The van der Waals surface area contributed by atoms with Crippen molar-refractivity contribution < 1.29 is 4.39 Å². The van der Waals surface area contributed by atoms with Crippen molar-refractivity contribution in [3.63, 3.8) is 0 Å². The van der Waals surface area contributed by atoms with Gasteiger partial charge in [0.25, 0.3) is 0 Å². The quantitative estimate of drug-likeness (QED) is 0.914. The summed E-state index contributed by atoms with van der Waals surface area (Å²) < 4.78 is 14.2. The summed E-state index contributed by atoms with van der Waals surface area (Å²) in [6.45, 7) is 0.318. The highest BCUT2D eigenvalue weighted by molar-refractivity contribution is 9.10. The second-order valence-corrected chi connectivity index (χ2v) is 4.29. The lowest BCUT2D eigenvalue weighted by atomic mass is 10.3. The maximum atomic E-state index is 13.4. The van der Waals surface area contributed by atoms with Gasteiger partial charge in [-0.2, -0.15) is 0 Å². The van der Waals surface area contributed by atoms with E-state index in [4.69, 9.17) is 5.73 Å². The number of anilines is 2. The Morgan fingerprint density at radius 2 is 2.18 bits per heavy atom. The third-order valence-electron chi connectivity index (χ3n) is 2.09. The topological polar surface area (TPSA) is 63.8 Å². The third-order valence-corrected chi connectivity index (χ3v) is 2.59. The second-order valence-electron chi connectivity index (χ2n) is 3.38. The molecule has 0 spiro atoms. The zero-order valence-electron chi connectivity index (χ0n) is 8.82. The SMILES string of the molecule is Nc1ccnc(CNc2cc(Br)ccc2F)n1. The molecule has 88 valence electrons. The molecule has 0 atom stereocenters. The van der Waals surface area contributed by atoms with E-state index in [-0.39, 0.29) is 5.82 Å². The van der Waals surface area contributed by atoms with E-state index in [1.807, 2.05) is 0 Å². The van der Waals surface area contributed by atoms with Crippen molar-refractivity contribution in [2.24, 2.45) is 0 Å². The van der Waals surface area contributed by atoms with Crippen LogP contribution in [0.5, 0.6) is 0 Å². The fourth-order valence-electron chi connectivity index (χ4n) is 1.31.